The minimum Gasteiger partial charge on any atom is -0.486 e. The topological polar surface area (TPSA) is 77.1 Å². The average Bonchev–Trinajstić information content (AvgIpc) is 2.64. The van der Waals surface area contributed by atoms with Crippen LogP contribution in [0.25, 0.3) is 0 Å². The number of anilines is 2. The molecule has 2 aliphatic heterocycles. The minimum atomic E-state index is -0.323. The summed E-state index contributed by atoms with van der Waals surface area (Å²) in [6, 6.07) is 10.3. The fraction of sp³-hybridized carbons (Fsp3) is 0.222. The lowest BCUT2D eigenvalue weighted by atomic mass is 10.1. The highest BCUT2D eigenvalue weighted by atomic mass is 16.6. The van der Waals surface area contributed by atoms with E-state index in [1.165, 1.54) is 4.90 Å². The molecule has 128 valence electrons. The molecule has 0 bridgehead atoms. The number of ether oxygens (including phenoxy) is 3. The van der Waals surface area contributed by atoms with E-state index in [1.807, 2.05) is 0 Å². The van der Waals surface area contributed by atoms with Crippen molar-refractivity contribution in [2.75, 3.05) is 37.1 Å². The van der Waals surface area contributed by atoms with Crippen LogP contribution < -0.4 is 24.4 Å². The van der Waals surface area contributed by atoms with Gasteiger partial charge in [-0.3, -0.25) is 9.59 Å². The van der Waals surface area contributed by atoms with Crippen molar-refractivity contribution in [3.63, 3.8) is 0 Å². The van der Waals surface area contributed by atoms with Crippen LogP contribution in [0, 0.1) is 0 Å². The van der Waals surface area contributed by atoms with Gasteiger partial charge in [-0.1, -0.05) is 6.07 Å². The van der Waals surface area contributed by atoms with Gasteiger partial charge in [0.05, 0.1) is 11.3 Å². The number of benzene rings is 2. The maximum Gasteiger partial charge on any atom is 0.264 e. The molecule has 2 aromatic carbocycles. The summed E-state index contributed by atoms with van der Waals surface area (Å²) < 4.78 is 16.5. The number of rotatable bonds is 2. The number of likely N-dealkylation sites (N-methyl/N-ethyl adjacent to an activating group) is 1. The van der Waals surface area contributed by atoms with Gasteiger partial charge in [-0.25, -0.2) is 0 Å². The third-order valence-corrected chi connectivity index (χ3v) is 4.11. The zero-order valence-corrected chi connectivity index (χ0v) is 13.6. The molecule has 0 radical (unpaired) electrons. The number of nitrogens with one attached hydrogen (secondary N) is 1. The summed E-state index contributed by atoms with van der Waals surface area (Å²) in [5.74, 6) is 1.18. The zero-order chi connectivity index (χ0) is 17.4. The molecule has 0 saturated carbocycles. The maximum atomic E-state index is 12.7. The van der Waals surface area contributed by atoms with Gasteiger partial charge in [-0.15, -0.1) is 0 Å². The van der Waals surface area contributed by atoms with Crippen LogP contribution >= 0.6 is 0 Å². The van der Waals surface area contributed by atoms with Crippen molar-refractivity contribution in [1.29, 1.82) is 0 Å². The Bertz CT molecular complexity index is 865. The quantitative estimate of drug-likeness (QED) is 0.906. The smallest absolute Gasteiger partial charge is 0.264 e. The highest BCUT2D eigenvalue weighted by Gasteiger charge is 2.26. The lowest BCUT2D eigenvalue weighted by Gasteiger charge is -2.27. The molecule has 7 nitrogen and oxygen atoms in total. The third-order valence-electron chi connectivity index (χ3n) is 4.11. The predicted molar refractivity (Wildman–Crippen MR) is 90.7 cm³/mol. The molecule has 7 heteroatoms. The lowest BCUT2D eigenvalue weighted by Crippen LogP contribution is -2.36. The third kappa shape index (κ3) is 2.73. The van der Waals surface area contributed by atoms with Gasteiger partial charge in [-0.05, 0) is 24.3 Å². The van der Waals surface area contributed by atoms with Crippen molar-refractivity contribution in [1.82, 2.24) is 0 Å². The van der Waals surface area contributed by atoms with Crippen LogP contribution in [-0.2, 0) is 4.79 Å². The number of nitrogens with zero attached hydrogens (tertiary/aromatic N) is 1. The molecule has 4 rings (SSSR count). The Kier molecular flexibility index (Phi) is 3.68. The van der Waals surface area contributed by atoms with Crippen molar-refractivity contribution >= 4 is 23.2 Å². The molecule has 0 saturated heterocycles. The Balaban J connectivity index is 1.61. The Morgan fingerprint density at radius 1 is 1.08 bits per heavy atom. The number of hydrogen-bond donors (Lipinski definition) is 1. The molecular formula is C18H16N2O5. The predicted octanol–water partition coefficient (Wildman–Crippen LogP) is 2.07. The van der Waals surface area contributed by atoms with Crippen LogP contribution in [0.1, 0.15) is 10.4 Å². The summed E-state index contributed by atoms with van der Waals surface area (Å²) in [4.78, 5) is 25.9. The van der Waals surface area contributed by atoms with Crippen LogP contribution in [0.2, 0.25) is 0 Å². The number of hydrogen-bond acceptors (Lipinski definition) is 5. The molecule has 0 fully saturated rings. The molecule has 2 aliphatic rings. The molecule has 2 aromatic rings. The van der Waals surface area contributed by atoms with Crippen LogP contribution in [-0.4, -0.2) is 38.7 Å². The molecule has 0 spiro atoms. The second kappa shape index (κ2) is 6.01. The van der Waals surface area contributed by atoms with Gasteiger partial charge >= 0.3 is 0 Å². The van der Waals surface area contributed by atoms with Gasteiger partial charge in [0.2, 0.25) is 0 Å². The SMILES string of the molecule is CN1C(=O)COc2c(C(=O)Nc3ccc4c(c3)OCCO4)cccc21. The fourth-order valence-electron chi connectivity index (χ4n) is 2.80. The Hall–Kier alpha value is -3.22. The molecule has 2 heterocycles. The van der Waals surface area contributed by atoms with E-state index in [0.29, 0.717) is 47.4 Å². The van der Waals surface area contributed by atoms with Gasteiger partial charge in [-0.2, -0.15) is 0 Å². The second-order valence-electron chi connectivity index (χ2n) is 5.71. The lowest BCUT2D eigenvalue weighted by molar-refractivity contribution is -0.121. The monoisotopic (exact) mass is 340 g/mol. The normalized spacial score (nSPS) is 15.2. The number of para-hydroxylation sites is 1. The molecular weight excluding hydrogens is 324 g/mol. The first-order valence-corrected chi connectivity index (χ1v) is 7.87. The summed E-state index contributed by atoms with van der Waals surface area (Å²) >= 11 is 0. The van der Waals surface area contributed by atoms with Gasteiger partial charge in [0.25, 0.3) is 11.8 Å². The summed E-state index contributed by atoms with van der Waals surface area (Å²) in [5, 5.41) is 2.83. The Morgan fingerprint density at radius 3 is 2.72 bits per heavy atom. The van der Waals surface area contributed by atoms with E-state index in [2.05, 4.69) is 5.32 Å². The Labute approximate surface area is 144 Å². The van der Waals surface area contributed by atoms with Gasteiger partial charge in [0, 0.05) is 18.8 Å². The van der Waals surface area contributed by atoms with Crippen LogP contribution in [0.15, 0.2) is 36.4 Å². The van der Waals surface area contributed by atoms with E-state index in [9.17, 15) is 9.59 Å². The zero-order valence-electron chi connectivity index (χ0n) is 13.6. The maximum absolute atomic E-state index is 12.7. The molecule has 1 N–H and O–H groups in total. The number of carbonyl (C=O) groups is 2. The highest BCUT2D eigenvalue weighted by molar-refractivity contribution is 6.09. The van der Waals surface area contributed by atoms with E-state index < -0.39 is 0 Å². The molecule has 2 amide bonds. The largest absolute Gasteiger partial charge is 0.486 e. The standard InChI is InChI=1S/C18H16N2O5/c1-20-13-4-2-3-12(17(13)25-10-16(20)21)18(22)19-11-5-6-14-15(9-11)24-8-7-23-14/h2-6,9H,7-8,10H2,1H3,(H,19,22). The van der Waals surface area contributed by atoms with E-state index >= 15 is 0 Å². The molecule has 25 heavy (non-hydrogen) atoms. The van der Waals surface area contributed by atoms with Crippen molar-refractivity contribution < 1.29 is 23.8 Å². The summed E-state index contributed by atoms with van der Waals surface area (Å²) in [7, 11) is 1.66. The molecule has 0 aliphatic carbocycles. The summed E-state index contributed by atoms with van der Waals surface area (Å²) in [6.45, 7) is 0.904. The van der Waals surface area contributed by atoms with Crippen molar-refractivity contribution in [3.8, 4) is 17.2 Å². The van der Waals surface area contributed by atoms with Crippen LogP contribution in [0.4, 0.5) is 11.4 Å². The summed E-state index contributed by atoms with van der Waals surface area (Å²) in [6.07, 6.45) is 0. The first-order chi connectivity index (χ1) is 12.1. The van der Waals surface area contributed by atoms with E-state index in [0.717, 1.165) is 0 Å². The van der Waals surface area contributed by atoms with Crippen molar-refractivity contribution in [2.45, 2.75) is 0 Å². The minimum absolute atomic E-state index is 0.0855. The van der Waals surface area contributed by atoms with Gasteiger partial charge in [0.15, 0.2) is 23.9 Å². The summed E-state index contributed by atoms with van der Waals surface area (Å²) in [5.41, 5.74) is 1.53. The number of amides is 2. The van der Waals surface area contributed by atoms with E-state index in [-0.39, 0.29) is 18.4 Å². The first-order valence-electron chi connectivity index (χ1n) is 7.87. The molecule has 0 aromatic heterocycles. The molecule has 0 unspecified atom stereocenters. The van der Waals surface area contributed by atoms with Gasteiger partial charge in [0.1, 0.15) is 13.2 Å². The Morgan fingerprint density at radius 2 is 1.88 bits per heavy atom. The number of fused-ring (bicyclic) bond motifs is 2. The van der Waals surface area contributed by atoms with E-state index in [4.69, 9.17) is 14.2 Å². The fourth-order valence-corrected chi connectivity index (χ4v) is 2.80. The van der Waals surface area contributed by atoms with Gasteiger partial charge < -0.3 is 24.4 Å². The van der Waals surface area contributed by atoms with Crippen LogP contribution in [0.5, 0.6) is 17.2 Å². The van der Waals surface area contributed by atoms with E-state index in [1.54, 1.807) is 43.4 Å². The highest BCUT2D eigenvalue weighted by Crippen LogP contribution is 2.36. The average molecular weight is 340 g/mol. The van der Waals surface area contributed by atoms with Crippen LogP contribution in [0.3, 0.4) is 0 Å². The first kappa shape index (κ1) is 15.3. The van der Waals surface area contributed by atoms with Crippen molar-refractivity contribution in [2.24, 2.45) is 0 Å². The molecule has 0 atom stereocenters. The second-order valence-corrected chi connectivity index (χ2v) is 5.71. The number of carbonyl (C=O) groups excluding carboxylic acids is 2. The van der Waals surface area contributed by atoms with Crippen molar-refractivity contribution in [3.05, 3.63) is 42.0 Å².